The molecule has 0 heterocycles. The number of nitrogens with one attached hydrogen (secondary N) is 1. The van der Waals surface area contributed by atoms with Gasteiger partial charge in [-0.25, -0.2) is 0 Å². The van der Waals surface area contributed by atoms with Crippen LogP contribution in [0.3, 0.4) is 0 Å². The van der Waals surface area contributed by atoms with Crippen molar-refractivity contribution in [1.82, 2.24) is 0 Å². The van der Waals surface area contributed by atoms with E-state index in [-0.39, 0.29) is 5.41 Å². The van der Waals surface area contributed by atoms with Gasteiger partial charge in [0.2, 0.25) is 5.91 Å². The highest BCUT2D eigenvalue weighted by molar-refractivity contribution is 6.02. The molecule has 0 aliphatic heterocycles. The molecule has 0 bridgehead atoms. The van der Waals surface area contributed by atoms with Gasteiger partial charge in [-0.2, -0.15) is 13.2 Å². The number of halogens is 3. The molecule has 162 valence electrons. The Morgan fingerprint density at radius 1 is 0.710 bits per heavy atom. The summed E-state index contributed by atoms with van der Waals surface area (Å²) in [5.41, 5.74) is -0.0626. The van der Waals surface area contributed by atoms with E-state index in [1.165, 1.54) is 0 Å². The molecular weight excluding hydrogens is 399 g/mol. The molecule has 5 heteroatoms. The Morgan fingerprint density at radius 3 is 1.65 bits per heavy atom. The number of anilines is 1. The molecule has 1 amide bonds. The molecule has 1 N–H and O–H groups in total. The molecular formula is C26H26F3NO. The summed E-state index contributed by atoms with van der Waals surface area (Å²) < 4.78 is 41.7. The fourth-order valence-corrected chi connectivity index (χ4v) is 3.75. The maximum absolute atomic E-state index is 13.9. The molecule has 3 aromatic rings. The second kappa shape index (κ2) is 8.58. The van der Waals surface area contributed by atoms with Crippen LogP contribution in [0.2, 0.25) is 0 Å². The van der Waals surface area contributed by atoms with Gasteiger partial charge in [0.1, 0.15) is 5.41 Å². The third-order valence-corrected chi connectivity index (χ3v) is 5.40. The number of carbonyl (C=O) groups excluding carboxylic acids is 1. The van der Waals surface area contributed by atoms with E-state index in [0.29, 0.717) is 16.8 Å². The van der Waals surface area contributed by atoms with Crippen LogP contribution in [-0.4, -0.2) is 12.1 Å². The predicted molar refractivity (Wildman–Crippen MR) is 118 cm³/mol. The highest BCUT2D eigenvalue weighted by Crippen LogP contribution is 2.43. The van der Waals surface area contributed by atoms with Crippen molar-refractivity contribution in [2.45, 2.75) is 44.2 Å². The first-order valence-electron chi connectivity index (χ1n) is 10.1. The summed E-state index contributed by atoms with van der Waals surface area (Å²) in [7, 11) is 0. The molecule has 2 nitrogen and oxygen atoms in total. The van der Waals surface area contributed by atoms with Crippen LogP contribution < -0.4 is 5.32 Å². The lowest BCUT2D eigenvalue weighted by Crippen LogP contribution is -2.45. The number of rotatable bonds is 5. The largest absolute Gasteiger partial charge is 0.390 e. The molecule has 0 saturated carbocycles. The lowest BCUT2D eigenvalue weighted by Gasteiger charge is -2.35. The number of benzene rings is 3. The Labute approximate surface area is 181 Å². The Balaban J connectivity index is 2.20. The fraction of sp³-hybridized carbons (Fsp3) is 0.269. The molecule has 3 rings (SSSR count). The van der Waals surface area contributed by atoms with Crippen LogP contribution in [0, 0.1) is 0 Å². The predicted octanol–water partition coefficient (Wildman–Crippen LogP) is 6.86. The molecule has 0 unspecified atom stereocenters. The van der Waals surface area contributed by atoms with E-state index < -0.39 is 23.9 Å². The van der Waals surface area contributed by atoms with Crippen molar-refractivity contribution >= 4 is 11.6 Å². The molecule has 1 atom stereocenters. The van der Waals surface area contributed by atoms with Crippen molar-refractivity contribution in [1.29, 1.82) is 0 Å². The number of alkyl halides is 3. The summed E-state index contributed by atoms with van der Waals surface area (Å²) in [6.45, 7) is 6.10. The first kappa shape index (κ1) is 22.6. The second-order valence-electron chi connectivity index (χ2n) is 8.71. The van der Waals surface area contributed by atoms with Crippen LogP contribution >= 0.6 is 0 Å². The van der Waals surface area contributed by atoms with Gasteiger partial charge in [0.15, 0.2) is 0 Å². The first-order valence-corrected chi connectivity index (χ1v) is 10.1. The van der Waals surface area contributed by atoms with Crippen molar-refractivity contribution < 1.29 is 18.0 Å². The topological polar surface area (TPSA) is 29.1 Å². The molecule has 0 aromatic heterocycles. The average molecular weight is 425 g/mol. The lowest BCUT2D eigenvalue weighted by atomic mass is 9.70. The summed E-state index contributed by atoms with van der Waals surface area (Å²) in [4.78, 5) is 13.6. The van der Waals surface area contributed by atoms with Gasteiger partial charge in [0, 0.05) is 5.69 Å². The normalized spacial score (nSPS) is 14.0. The minimum absolute atomic E-state index is 0.162. The van der Waals surface area contributed by atoms with Gasteiger partial charge >= 0.3 is 6.18 Å². The highest BCUT2D eigenvalue weighted by atomic mass is 19.4. The van der Waals surface area contributed by atoms with E-state index in [1.807, 2.05) is 20.8 Å². The maximum atomic E-state index is 13.9. The monoisotopic (exact) mass is 425 g/mol. The van der Waals surface area contributed by atoms with Crippen LogP contribution in [-0.2, 0) is 15.6 Å². The first-order chi connectivity index (χ1) is 14.5. The van der Waals surface area contributed by atoms with Crippen LogP contribution in [0.1, 0.15) is 43.9 Å². The van der Waals surface area contributed by atoms with E-state index in [0.717, 1.165) is 5.56 Å². The van der Waals surface area contributed by atoms with Gasteiger partial charge < -0.3 is 5.32 Å². The Morgan fingerprint density at radius 2 is 1.16 bits per heavy atom. The standard InChI is InChI=1S/C26H26F3NO/c1-24(2,3)19-14-16-21(17-15-19)25(18-26(27,28)29,20-10-6-4-7-11-20)23(31)30-22-12-8-5-9-13-22/h4-17H,18H2,1-3H3,(H,30,31)/t25-/m0/s1. The van der Waals surface area contributed by atoms with Gasteiger partial charge in [0.25, 0.3) is 0 Å². The van der Waals surface area contributed by atoms with Crippen molar-refractivity contribution in [3.63, 3.8) is 0 Å². The Bertz CT molecular complexity index is 1010. The van der Waals surface area contributed by atoms with Crippen LogP contribution in [0.25, 0.3) is 0 Å². The summed E-state index contributed by atoms with van der Waals surface area (Å²) in [6, 6.07) is 23.6. The smallest absolute Gasteiger partial charge is 0.325 e. The Kier molecular flexibility index (Phi) is 6.25. The minimum Gasteiger partial charge on any atom is -0.325 e. The zero-order valence-corrected chi connectivity index (χ0v) is 17.8. The van der Waals surface area contributed by atoms with E-state index in [4.69, 9.17) is 0 Å². The minimum atomic E-state index is -4.56. The van der Waals surface area contributed by atoms with Gasteiger partial charge in [-0.05, 0) is 34.2 Å². The molecule has 0 aliphatic carbocycles. The third-order valence-electron chi connectivity index (χ3n) is 5.40. The SMILES string of the molecule is CC(C)(C)c1ccc([C@@](CC(F)(F)F)(C(=O)Nc2ccccc2)c2ccccc2)cc1. The quantitative estimate of drug-likeness (QED) is 0.475. The van der Waals surface area contributed by atoms with E-state index in [2.05, 4.69) is 5.32 Å². The van der Waals surface area contributed by atoms with Gasteiger partial charge in [-0.15, -0.1) is 0 Å². The number of hydrogen-bond acceptors (Lipinski definition) is 1. The lowest BCUT2D eigenvalue weighted by molar-refractivity contribution is -0.153. The van der Waals surface area contributed by atoms with Crippen molar-refractivity contribution in [2.24, 2.45) is 0 Å². The zero-order valence-electron chi connectivity index (χ0n) is 17.8. The zero-order chi connectivity index (χ0) is 22.7. The number of carbonyl (C=O) groups is 1. The molecule has 0 aliphatic rings. The summed E-state index contributed by atoms with van der Waals surface area (Å²) >= 11 is 0. The Hall–Kier alpha value is -3.08. The molecule has 3 aromatic carbocycles. The summed E-state index contributed by atoms with van der Waals surface area (Å²) in [5, 5.41) is 2.71. The van der Waals surface area contributed by atoms with E-state index in [1.54, 1.807) is 84.9 Å². The van der Waals surface area contributed by atoms with Crippen LogP contribution in [0.5, 0.6) is 0 Å². The summed E-state index contributed by atoms with van der Waals surface area (Å²) in [5.74, 6) is -0.717. The molecule has 31 heavy (non-hydrogen) atoms. The number of para-hydroxylation sites is 1. The maximum Gasteiger partial charge on any atom is 0.390 e. The number of amides is 1. The third kappa shape index (κ3) is 5.16. The summed E-state index contributed by atoms with van der Waals surface area (Å²) in [6.07, 6.45) is -5.87. The van der Waals surface area contributed by atoms with Gasteiger partial charge in [-0.3, -0.25) is 4.79 Å². The van der Waals surface area contributed by atoms with E-state index >= 15 is 0 Å². The fourth-order valence-electron chi connectivity index (χ4n) is 3.75. The average Bonchev–Trinajstić information content (AvgIpc) is 2.72. The highest BCUT2D eigenvalue weighted by Gasteiger charge is 2.50. The van der Waals surface area contributed by atoms with Crippen molar-refractivity contribution in [2.75, 3.05) is 5.32 Å². The molecule has 0 radical (unpaired) electrons. The van der Waals surface area contributed by atoms with Crippen LogP contribution in [0.4, 0.5) is 18.9 Å². The molecule has 0 fully saturated rings. The van der Waals surface area contributed by atoms with Gasteiger partial charge in [-0.1, -0.05) is 93.6 Å². The van der Waals surface area contributed by atoms with Crippen molar-refractivity contribution in [3.05, 3.63) is 102 Å². The van der Waals surface area contributed by atoms with Gasteiger partial charge in [0.05, 0.1) is 6.42 Å². The second-order valence-corrected chi connectivity index (χ2v) is 8.71. The molecule has 0 saturated heterocycles. The van der Waals surface area contributed by atoms with Crippen molar-refractivity contribution in [3.8, 4) is 0 Å². The number of hydrogen-bond donors (Lipinski definition) is 1. The van der Waals surface area contributed by atoms with E-state index in [9.17, 15) is 18.0 Å². The molecule has 0 spiro atoms. The van der Waals surface area contributed by atoms with Crippen LogP contribution in [0.15, 0.2) is 84.9 Å².